The van der Waals surface area contributed by atoms with E-state index < -0.39 is 6.04 Å². The molecule has 0 spiro atoms. The zero-order valence-corrected chi connectivity index (χ0v) is 24.9. The number of thiophene rings is 1. The molecule has 39 heavy (non-hydrogen) atoms. The van der Waals surface area contributed by atoms with Crippen LogP contribution in [-0.2, 0) is 6.54 Å². The second-order valence-corrected chi connectivity index (χ2v) is 12.2. The maximum Gasteiger partial charge on any atom is 0.297 e. The van der Waals surface area contributed by atoms with Crippen molar-refractivity contribution in [1.82, 2.24) is 14.5 Å². The Morgan fingerprint density at radius 2 is 1.95 bits per heavy atom. The summed E-state index contributed by atoms with van der Waals surface area (Å²) in [4.78, 5) is 35.7. The van der Waals surface area contributed by atoms with Gasteiger partial charge in [-0.15, -0.1) is 11.3 Å². The molecular formula is C29H28BrClN4O3S. The van der Waals surface area contributed by atoms with Gasteiger partial charge in [0.15, 0.2) is 0 Å². The summed E-state index contributed by atoms with van der Waals surface area (Å²) in [6.45, 7) is 6.85. The van der Waals surface area contributed by atoms with Crippen LogP contribution in [0.4, 0.5) is 0 Å². The molecule has 10 heteroatoms. The van der Waals surface area contributed by atoms with Crippen LogP contribution in [0.15, 0.2) is 67.6 Å². The smallest absolute Gasteiger partial charge is 0.297 e. The van der Waals surface area contributed by atoms with E-state index >= 15 is 0 Å². The maximum absolute atomic E-state index is 14.1. The number of halogens is 2. The van der Waals surface area contributed by atoms with E-state index in [-0.39, 0.29) is 36.1 Å². The highest BCUT2D eigenvalue weighted by Crippen LogP contribution is 2.33. The Morgan fingerprint density at radius 1 is 1.21 bits per heavy atom. The number of benzene rings is 2. The van der Waals surface area contributed by atoms with Crippen molar-refractivity contribution in [2.45, 2.75) is 33.4 Å². The highest BCUT2D eigenvalue weighted by molar-refractivity contribution is 9.10. The number of hydrogen-bond donors (Lipinski definition) is 1. The molecule has 0 radical (unpaired) electrons. The number of carbonyl (C=O) groups excluding carboxylic acids is 1. The molecule has 0 aliphatic heterocycles. The lowest BCUT2D eigenvalue weighted by Gasteiger charge is -2.35. The predicted molar refractivity (Wildman–Crippen MR) is 161 cm³/mol. The van der Waals surface area contributed by atoms with Crippen LogP contribution in [0.25, 0.3) is 22.1 Å². The zero-order valence-electron chi connectivity index (χ0n) is 21.8. The first kappa shape index (κ1) is 27.6. The Balaban J connectivity index is 1.76. The molecule has 0 aliphatic rings. The molecule has 0 saturated carbocycles. The van der Waals surface area contributed by atoms with E-state index in [9.17, 15) is 9.59 Å². The summed E-state index contributed by atoms with van der Waals surface area (Å²) in [6.07, 6.45) is 0. The number of aromatic nitrogens is 2. The van der Waals surface area contributed by atoms with Crippen molar-refractivity contribution in [2.75, 3.05) is 13.1 Å². The van der Waals surface area contributed by atoms with Crippen LogP contribution in [-0.4, -0.2) is 33.4 Å². The van der Waals surface area contributed by atoms with Crippen molar-refractivity contribution >= 4 is 66.8 Å². The highest BCUT2D eigenvalue weighted by Gasteiger charge is 2.33. The van der Waals surface area contributed by atoms with Gasteiger partial charge in [-0.05, 0) is 65.2 Å². The monoisotopic (exact) mass is 626 g/mol. The molecule has 7 nitrogen and oxygen atoms in total. The summed E-state index contributed by atoms with van der Waals surface area (Å²) >= 11 is 11.3. The van der Waals surface area contributed by atoms with E-state index in [1.54, 1.807) is 27.7 Å². The first-order chi connectivity index (χ1) is 18.7. The number of amides is 1. The molecule has 0 saturated heterocycles. The van der Waals surface area contributed by atoms with E-state index in [1.807, 2.05) is 56.5 Å². The highest BCUT2D eigenvalue weighted by atomic mass is 79.9. The fourth-order valence-electron chi connectivity index (χ4n) is 4.85. The van der Waals surface area contributed by atoms with Gasteiger partial charge in [-0.25, -0.2) is 4.98 Å². The average molecular weight is 628 g/mol. The number of fused-ring (bicyclic) bond motifs is 3. The standard InChI is InChI=1S/C29H28BrClN4O3S/c1-16(2)25(34(11-10-32)28(36)18-6-4-17(3)5-7-18)27-33-24-22-13-20(31)8-9-23(22)38-26(24)29(37)35(27)14-21-12-19(30)15-39-21/h4-9,12-13,15-16,25H,10-11,14,32H2,1-3H3. The van der Waals surface area contributed by atoms with E-state index in [0.29, 0.717) is 39.4 Å². The molecule has 5 rings (SSSR count). The van der Waals surface area contributed by atoms with Crippen molar-refractivity contribution < 1.29 is 9.21 Å². The molecule has 0 bridgehead atoms. The van der Waals surface area contributed by atoms with Gasteiger partial charge in [0.1, 0.15) is 16.9 Å². The number of hydrogen-bond acceptors (Lipinski definition) is 6. The Bertz CT molecular complexity index is 1720. The van der Waals surface area contributed by atoms with E-state index in [0.717, 1.165) is 14.9 Å². The van der Waals surface area contributed by atoms with Crippen LogP contribution in [0.5, 0.6) is 0 Å². The third kappa shape index (κ3) is 5.41. The molecule has 5 aromatic rings. The molecule has 2 aromatic carbocycles. The minimum atomic E-state index is -0.535. The normalized spacial score (nSPS) is 12.5. The van der Waals surface area contributed by atoms with Crippen molar-refractivity contribution in [1.29, 1.82) is 0 Å². The molecule has 1 atom stereocenters. The number of carbonyl (C=O) groups is 1. The molecule has 0 aliphatic carbocycles. The van der Waals surface area contributed by atoms with Crippen molar-refractivity contribution in [3.63, 3.8) is 0 Å². The van der Waals surface area contributed by atoms with Crippen LogP contribution < -0.4 is 11.3 Å². The number of furan rings is 1. The second kappa shape index (κ2) is 11.3. The summed E-state index contributed by atoms with van der Waals surface area (Å²) in [6, 6.07) is 14.1. The van der Waals surface area contributed by atoms with Crippen LogP contribution in [0.1, 0.15) is 46.5 Å². The lowest BCUT2D eigenvalue weighted by Crippen LogP contribution is -2.43. The topological polar surface area (TPSA) is 94.4 Å². The molecular weight excluding hydrogens is 600 g/mol. The van der Waals surface area contributed by atoms with Crippen molar-refractivity contribution in [3.05, 3.63) is 95.6 Å². The molecule has 1 unspecified atom stereocenters. The van der Waals surface area contributed by atoms with E-state index in [2.05, 4.69) is 15.9 Å². The van der Waals surface area contributed by atoms with E-state index in [1.165, 1.54) is 11.3 Å². The lowest BCUT2D eigenvalue weighted by atomic mass is 9.99. The predicted octanol–water partition coefficient (Wildman–Crippen LogP) is 6.78. The van der Waals surface area contributed by atoms with Gasteiger partial charge in [-0.2, -0.15) is 0 Å². The van der Waals surface area contributed by atoms with E-state index in [4.69, 9.17) is 26.7 Å². The van der Waals surface area contributed by atoms with Gasteiger partial charge in [0.25, 0.3) is 11.5 Å². The van der Waals surface area contributed by atoms with Crippen LogP contribution in [0.3, 0.4) is 0 Å². The molecule has 202 valence electrons. The lowest BCUT2D eigenvalue weighted by molar-refractivity contribution is 0.0612. The summed E-state index contributed by atoms with van der Waals surface area (Å²) in [5.41, 5.74) is 8.44. The van der Waals surface area contributed by atoms with Crippen molar-refractivity contribution in [3.8, 4) is 0 Å². The summed E-state index contributed by atoms with van der Waals surface area (Å²) < 4.78 is 8.55. The number of aryl methyl sites for hydroxylation is 1. The Kier molecular flexibility index (Phi) is 7.96. The first-order valence-electron chi connectivity index (χ1n) is 12.6. The van der Waals surface area contributed by atoms with Crippen molar-refractivity contribution in [2.24, 2.45) is 11.7 Å². The Labute approximate surface area is 243 Å². The molecule has 0 fully saturated rings. The molecule has 3 aromatic heterocycles. The molecule has 3 heterocycles. The Morgan fingerprint density at radius 3 is 2.59 bits per heavy atom. The van der Waals surface area contributed by atoms with Crippen LogP contribution in [0.2, 0.25) is 5.02 Å². The Hall–Kier alpha value is -2.98. The van der Waals surface area contributed by atoms with Gasteiger partial charge < -0.3 is 15.1 Å². The number of nitrogens with two attached hydrogens (primary N) is 1. The third-order valence-electron chi connectivity index (χ3n) is 6.66. The maximum atomic E-state index is 14.1. The van der Waals surface area contributed by atoms with Gasteiger partial charge in [0, 0.05) is 43.8 Å². The van der Waals surface area contributed by atoms with Gasteiger partial charge in [-0.3, -0.25) is 14.2 Å². The van der Waals surface area contributed by atoms with Crippen LogP contribution >= 0.6 is 38.9 Å². The minimum absolute atomic E-state index is 0.0848. The number of nitrogens with zero attached hydrogens (tertiary/aromatic N) is 3. The largest absolute Gasteiger partial charge is 0.448 e. The summed E-state index contributed by atoms with van der Waals surface area (Å²) in [7, 11) is 0. The van der Waals surface area contributed by atoms with Gasteiger partial charge in [-0.1, -0.05) is 43.1 Å². The van der Waals surface area contributed by atoms with Crippen LogP contribution in [0, 0.1) is 12.8 Å². The third-order valence-corrected chi connectivity index (χ3v) is 8.58. The van der Waals surface area contributed by atoms with Gasteiger partial charge in [0.2, 0.25) is 5.58 Å². The summed E-state index contributed by atoms with van der Waals surface area (Å²) in [5, 5.41) is 3.14. The fourth-order valence-corrected chi connectivity index (χ4v) is 6.46. The molecule has 1 amide bonds. The first-order valence-corrected chi connectivity index (χ1v) is 14.7. The minimum Gasteiger partial charge on any atom is -0.448 e. The SMILES string of the molecule is Cc1ccc(C(=O)N(CCN)C(c2nc3c(oc4ccc(Cl)cc43)c(=O)n2Cc2cc(Br)cs2)C(C)C)cc1. The summed E-state index contributed by atoms with van der Waals surface area (Å²) in [5.74, 6) is 0.223. The van der Waals surface area contributed by atoms with Gasteiger partial charge >= 0.3 is 0 Å². The average Bonchev–Trinajstić information content (AvgIpc) is 3.48. The zero-order chi connectivity index (χ0) is 27.8. The second-order valence-electron chi connectivity index (χ2n) is 9.85. The number of rotatable bonds is 8. The van der Waals surface area contributed by atoms with Gasteiger partial charge in [0.05, 0.1) is 12.6 Å². The fraction of sp³-hybridized carbons (Fsp3) is 0.276. The quantitative estimate of drug-likeness (QED) is 0.205. The molecule has 2 N–H and O–H groups in total.